The van der Waals surface area contributed by atoms with E-state index in [9.17, 15) is 17.6 Å². The minimum absolute atomic E-state index is 0.0371. The van der Waals surface area contributed by atoms with E-state index >= 15 is 0 Å². The van der Waals surface area contributed by atoms with Gasteiger partial charge in [0.1, 0.15) is 17.2 Å². The lowest BCUT2D eigenvalue weighted by Crippen LogP contribution is -2.41. The van der Waals surface area contributed by atoms with Gasteiger partial charge in [-0.2, -0.15) is 0 Å². The van der Waals surface area contributed by atoms with Gasteiger partial charge in [0.25, 0.3) is 0 Å². The summed E-state index contributed by atoms with van der Waals surface area (Å²) in [4.78, 5) is 11.5. The Kier molecular flexibility index (Phi) is 4.76. The van der Waals surface area contributed by atoms with Gasteiger partial charge >= 0.3 is 5.97 Å². The van der Waals surface area contributed by atoms with Gasteiger partial charge in [0, 0.05) is 12.1 Å². The summed E-state index contributed by atoms with van der Waals surface area (Å²) in [5.74, 6) is -0.967. The van der Waals surface area contributed by atoms with Crippen LogP contribution >= 0.6 is 0 Å². The lowest BCUT2D eigenvalue weighted by molar-refractivity contribution is -0.145. The van der Waals surface area contributed by atoms with E-state index in [-0.39, 0.29) is 18.7 Å². The predicted octanol–water partition coefficient (Wildman–Crippen LogP) is 0.323. The third-order valence-electron chi connectivity index (χ3n) is 2.92. The van der Waals surface area contributed by atoms with Gasteiger partial charge in [-0.1, -0.05) is 0 Å². The Morgan fingerprint density at radius 3 is 2.67 bits per heavy atom. The normalized spacial score (nSPS) is 22.0. The molecular formula is C12H16FN3O4S. The Morgan fingerprint density at radius 1 is 1.38 bits per heavy atom. The van der Waals surface area contributed by atoms with Gasteiger partial charge < -0.3 is 4.74 Å². The fourth-order valence-electron chi connectivity index (χ4n) is 1.88. The van der Waals surface area contributed by atoms with Gasteiger partial charge in [0.15, 0.2) is 0 Å². The largest absolute Gasteiger partial charge is 0.465 e. The Bertz CT molecular complexity index is 605. The quantitative estimate of drug-likeness (QED) is 0.677. The van der Waals surface area contributed by atoms with Crippen LogP contribution in [-0.2, 0) is 19.6 Å². The Balaban J connectivity index is 2.01. The highest BCUT2D eigenvalue weighted by atomic mass is 32.2. The van der Waals surface area contributed by atoms with Gasteiger partial charge in [-0.25, -0.2) is 23.7 Å². The van der Waals surface area contributed by atoms with E-state index in [4.69, 9.17) is 4.74 Å². The number of nitrogens with one attached hydrogen (secondary N) is 3. The molecule has 0 aromatic heterocycles. The maximum atomic E-state index is 12.8. The number of sulfonamides is 1. The predicted molar refractivity (Wildman–Crippen MR) is 74.0 cm³/mol. The summed E-state index contributed by atoms with van der Waals surface area (Å²) in [6.07, 6.45) is 0.0371. The molecule has 2 atom stereocenters. The Hall–Kier alpha value is -1.71. The van der Waals surface area contributed by atoms with Gasteiger partial charge in [0.2, 0.25) is 10.0 Å². The molecule has 1 aliphatic rings. The molecule has 21 heavy (non-hydrogen) atoms. The summed E-state index contributed by atoms with van der Waals surface area (Å²) in [5, 5.41) is -0.989. The summed E-state index contributed by atoms with van der Waals surface area (Å²) >= 11 is 0. The van der Waals surface area contributed by atoms with Gasteiger partial charge in [-0.05, 0) is 31.2 Å². The van der Waals surface area contributed by atoms with Crippen LogP contribution in [0.5, 0.6) is 0 Å². The highest BCUT2D eigenvalue weighted by Gasteiger charge is 2.37. The van der Waals surface area contributed by atoms with Crippen LogP contribution in [0.4, 0.5) is 10.1 Å². The van der Waals surface area contributed by atoms with Crippen LogP contribution in [0.1, 0.15) is 13.3 Å². The van der Waals surface area contributed by atoms with E-state index in [0.717, 1.165) is 12.1 Å². The zero-order chi connectivity index (χ0) is 15.5. The molecule has 2 unspecified atom stereocenters. The molecule has 0 amide bonds. The monoisotopic (exact) mass is 317 g/mol. The molecule has 1 aromatic carbocycles. The number of rotatable bonds is 5. The number of halogens is 1. The van der Waals surface area contributed by atoms with Crippen LogP contribution in [-0.4, -0.2) is 32.4 Å². The Labute approximate surface area is 121 Å². The van der Waals surface area contributed by atoms with Crippen LogP contribution in [0, 0.1) is 5.82 Å². The molecule has 1 saturated heterocycles. The molecule has 0 bridgehead atoms. The average molecular weight is 317 g/mol. The van der Waals surface area contributed by atoms with Gasteiger partial charge in [-0.3, -0.25) is 9.52 Å². The van der Waals surface area contributed by atoms with Crippen molar-refractivity contribution in [1.82, 2.24) is 10.9 Å². The zero-order valence-electron chi connectivity index (χ0n) is 11.3. The van der Waals surface area contributed by atoms with Crippen molar-refractivity contribution in [2.75, 3.05) is 11.3 Å². The van der Waals surface area contributed by atoms with Crippen LogP contribution < -0.4 is 15.6 Å². The number of carbonyl (C=O) groups is 1. The fraction of sp³-hybridized carbons (Fsp3) is 0.417. The first-order valence-electron chi connectivity index (χ1n) is 6.37. The number of hydrazine groups is 1. The van der Waals surface area contributed by atoms with E-state index < -0.39 is 33.2 Å². The van der Waals surface area contributed by atoms with Crippen LogP contribution in [0.25, 0.3) is 0 Å². The lowest BCUT2D eigenvalue weighted by atomic mass is 10.2. The van der Waals surface area contributed by atoms with E-state index in [1.165, 1.54) is 12.1 Å². The summed E-state index contributed by atoms with van der Waals surface area (Å²) in [7, 11) is -3.76. The Morgan fingerprint density at radius 2 is 2.05 bits per heavy atom. The van der Waals surface area contributed by atoms with Crippen molar-refractivity contribution in [1.29, 1.82) is 0 Å². The number of benzene rings is 1. The number of anilines is 1. The number of hydrogen-bond acceptors (Lipinski definition) is 6. The van der Waals surface area contributed by atoms with Crippen molar-refractivity contribution in [3.05, 3.63) is 30.1 Å². The minimum atomic E-state index is -3.76. The smallest absolute Gasteiger partial charge is 0.324 e. The molecule has 1 aromatic rings. The van der Waals surface area contributed by atoms with E-state index in [2.05, 4.69) is 15.6 Å². The maximum absolute atomic E-state index is 12.8. The lowest BCUT2D eigenvalue weighted by Gasteiger charge is -2.13. The zero-order valence-corrected chi connectivity index (χ0v) is 12.1. The molecule has 7 nitrogen and oxygen atoms in total. The van der Waals surface area contributed by atoms with Crippen LogP contribution in [0.2, 0.25) is 0 Å². The van der Waals surface area contributed by atoms with Crippen molar-refractivity contribution < 1.29 is 22.3 Å². The molecule has 2 rings (SSSR count). The highest BCUT2D eigenvalue weighted by Crippen LogP contribution is 2.17. The molecule has 0 aliphatic carbocycles. The second-order valence-corrected chi connectivity index (χ2v) is 6.33. The van der Waals surface area contributed by atoms with E-state index in [0.29, 0.717) is 0 Å². The minimum Gasteiger partial charge on any atom is -0.465 e. The fourth-order valence-corrected chi connectivity index (χ4v) is 3.16. The third-order valence-corrected chi connectivity index (χ3v) is 4.50. The van der Waals surface area contributed by atoms with Crippen molar-refractivity contribution in [2.45, 2.75) is 24.8 Å². The molecule has 9 heteroatoms. The van der Waals surface area contributed by atoms with Crippen molar-refractivity contribution in [3.63, 3.8) is 0 Å². The summed E-state index contributed by atoms with van der Waals surface area (Å²) < 4.78 is 44.2. The molecule has 1 fully saturated rings. The number of esters is 1. The van der Waals surface area contributed by atoms with Crippen molar-refractivity contribution >= 4 is 21.7 Å². The van der Waals surface area contributed by atoms with Crippen LogP contribution in [0.3, 0.4) is 0 Å². The first kappa shape index (κ1) is 15.7. The van der Waals surface area contributed by atoms with Crippen molar-refractivity contribution in [2.24, 2.45) is 0 Å². The van der Waals surface area contributed by atoms with E-state index in [1.807, 2.05) is 0 Å². The van der Waals surface area contributed by atoms with E-state index in [1.54, 1.807) is 6.92 Å². The first-order chi connectivity index (χ1) is 9.92. The number of hydrogen-bond donors (Lipinski definition) is 3. The first-order valence-corrected chi connectivity index (χ1v) is 7.92. The maximum Gasteiger partial charge on any atom is 0.324 e. The summed E-state index contributed by atoms with van der Waals surface area (Å²) in [6, 6.07) is 4.22. The molecule has 0 radical (unpaired) electrons. The van der Waals surface area contributed by atoms with Crippen molar-refractivity contribution in [3.8, 4) is 0 Å². The van der Waals surface area contributed by atoms with Gasteiger partial charge in [0.05, 0.1) is 6.61 Å². The highest BCUT2D eigenvalue weighted by molar-refractivity contribution is 7.93. The molecule has 3 N–H and O–H groups in total. The second kappa shape index (κ2) is 6.37. The molecule has 0 saturated carbocycles. The molecule has 1 heterocycles. The topological polar surface area (TPSA) is 96.5 Å². The molecule has 116 valence electrons. The second-order valence-electron chi connectivity index (χ2n) is 4.47. The third kappa shape index (κ3) is 3.90. The number of ether oxygens (including phenoxy) is 1. The summed E-state index contributed by atoms with van der Waals surface area (Å²) in [5.41, 5.74) is 5.38. The van der Waals surface area contributed by atoms with Crippen LogP contribution in [0.15, 0.2) is 24.3 Å². The summed E-state index contributed by atoms with van der Waals surface area (Å²) in [6.45, 7) is 1.90. The average Bonchev–Trinajstić information content (AvgIpc) is 2.92. The standard InChI is InChI=1S/C12H16FN3O4S/c1-2-20-12(17)10-7-11(15-14-10)21(18,19)16-9-5-3-8(13)4-6-9/h3-6,10-11,14-16H,2,7H2,1H3. The van der Waals surface area contributed by atoms with Gasteiger partial charge in [-0.15, -0.1) is 0 Å². The molecular weight excluding hydrogens is 301 g/mol. The molecule has 1 aliphatic heterocycles. The molecule has 0 spiro atoms. The SMILES string of the molecule is CCOC(=O)C1CC(S(=O)(=O)Nc2ccc(F)cc2)NN1. The number of carbonyl (C=O) groups excluding carboxylic acids is 1.